The van der Waals surface area contributed by atoms with Gasteiger partial charge in [-0.25, -0.2) is 8.78 Å². The molecule has 0 saturated carbocycles. The summed E-state index contributed by atoms with van der Waals surface area (Å²) in [5.41, 5.74) is 0.283. The molecule has 1 aromatic rings. The van der Waals surface area contributed by atoms with Gasteiger partial charge in [-0.15, -0.1) is 0 Å². The Balaban J connectivity index is 2.69. The highest BCUT2D eigenvalue weighted by atomic mass is 19.3. The van der Waals surface area contributed by atoms with Crippen molar-refractivity contribution < 1.29 is 13.6 Å². The van der Waals surface area contributed by atoms with Crippen LogP contribution in [-0.2, 0) is 4.79 Å². The van der Waals surface area contributed by atoms with Crippen molar-refractivity contribution in [2.75, 3.05) is 18.9 Å². The Morgan fingerprint density at radius 1 is 1.47 bits per heavy atom. The Bertz CT molecular complexity index is 342. The van der Waals surface area contributed by atoms with Crippen molar-refractivity contribution in [3.63, 3.8) is 0 Å². The first-order valence-corrected chi connectivity index (χ1v) is 4.46. The fourth-order valence-corrected chi connectivity index (χ4v) is 1.12. The molecule has 0 aromatic heterocycles. The van der Waals surface area contributed by atoms with Crippen LogP contribution in [0.1, 0.15) is 12.0 Å². The molecule has 1 aromatic carbocycles. The van der Waals surface area contributed by atoms with Gasteiger partial charge in [-0.05, 0) is 19.2 Å². The molecule has 0 aliphatic rings. The predicted octanol–water partition coefficient (Wildman–Crippen LogP) is 1.78. The van der Waals surface area contributed by atoms with Gasteiger partial charge in [-0.3, -0.25) is 4.79 Å². The van der Waals surface area contributed by atoms with Crippen LogP contribution in [0.3, 0.4) is 0 Å². The molecule has 1 amide bonds. The van der Waals surface area contributed by atoms with Crippen LogP contribution in [-0.4, -0.2) is 19.5 Å². The zero-order valence-corrected chi connectivity index (χ0v) is 8.26. The van der Waals surface area contributed by atoms with E-state index in [1.807, 2.05) is 0 Å². The molecular weight excluding hydrogens is 202 g/mol. The summed E-state index contributed by atoms with van der Waals surface area (Å²) in [6.45, 7) is 0.152. The van der Waals surface area contributed by atoms with Crippen LogP contribution in [0.25, 0.3) is 0 Å². The Morgan fingerprint density at radius 3 is 2.80 bits per heavy atom. The predicted molar refractivity (Wildman–Crippen MR) is 54.0 cm³/mol. The van der Waals surface area contributed by atoms with Crippen molar-refractivity contribution in [2.45, 2.75) is 6.43 Å². The van der Waals surface area contributed by atoms with Crippen molar-refractivity contribution in [1.29, 1.82) is 0 Å². The average molecular weight is 214 g/mol. The van der Waals surface area contributed by atoms with Gasteiger partial charge in [0.15, 0.2) is 0 Å². The highest BCUT2D eigenvalue weighted by Gasteiger charge is 2.07. The largest absolute Gasteiger partial charge is 0.325 e. The molecule has 15 heavy (non-hydrogen) atoms. The van der Waals surface area contributed by atoms with Crippen molar-refractivity contribution in [1.82, 2.24) is 5.32 Å². The second kappa shape index (κ2) is 5.41. The van der Waals surface area contributed by atoms with E-state index in [1.165, 1.54) is 18.2 Å². The number of benzene rings is 1. The third-order valence-corrected chi connectivity index (χ3v) is 1.76. The van der Waals surface area contributed by atoms with Crippen molar-refractivity contribution >= 4 is 11.6 Å². The summed E-state index contributed by atoms with van der Waals surface area (Å²) < 4.78 is 24.6. The van der Waals surface area contributed by atoms with Crippen LogP contribution >= 0.6 is 0 Å². The first-order chi connectivity index (χ1) is 7.13. The fraction of sp³-hybridized carbons (Fsp3) is 0.300. The van der Waals surface area contributed by atoms with Crippen molar-refractivity contribution in [2.24, 2.45) is 0 Å². The maximum Gasteiger partial charge on any atom is 0.263 e. The zero-order chi connectivity index (χ0) is 11.3. The van der Waals surface area contributed by atoms with Crippen LogP contribution in [0.2, 0.25) is 0 Å². The molecule has 0 spiro atoms. The second-order valence-corrected chi connectivity index (χ2v) is 3.00. The van der Waals surface area contributed by atoms with Gasteiger partial charge in [0.2, 0.25) is 5.91 Å². The van der Waals surface area contributed by atoms with E-state index < -0.39 is 6.43 Å². The molecule has 1 rings (SSSR count). The second-order valence-electron chi connectivity index (χ2n) is 3.00. The van der Waals surface area contributed by atoms with E-state index in [9.17, 15) is 13.6 Å². The average Bonchev–Trinajstić information content (AvgIpc) is 2.18. The number of carbonyl (C=O) groups is 1. The minimum atomic E-state index is -2.52. The normalized spacial score (nSPS) is 10.4. The van der Waals surface area contributed by atoms with Gasteiger partial charge in [-0.1, -0.05) is 12.1 Å². The van der Waals surface area contributed by atoms with E-state index in [4.69, 9.17) is 0 Å². The number of halogens is 2. The number of carbonyl (C=O) groups excluding carboxylic acids is 1. The SMILES string of the molecule is CNCC(=O)Nc1cccc(C(F)F)c1. The number of amides is 1. The quantitative estimate of drug-likeness (QED) is 0.802. The number of alkyl halides is 2. The smallest absolute Gasteiger partial charge is 0.263 e. The van der Waals surface area contributed by atoms with Crippen molar-refractivity contribution in [3.05, 3.63) is 29.8 Å². The maximum atomic E-state index is 12.3. The highest BCUT2D eigenvalue weighted by Crippen LogP contribution is 2.21. The lowest BCUT2D eigenvalue weighted by Gasteiger charge is -2.06. The van der Waals surface area contributed by atoms with Gasteiger partial charge < -0.3 is 10.6 Å². The van der Waals surface area contributed by atoms with Crippen LogP contribution in [0, 0.1) is 0 Å². The monoisotopic (exact) mass is 214 g/mol. The third-order valence-electron chi connectivity index (χ3n) is 1.76. The molecule has 0 radical (unpaired) electrons. The van der Waals surface area contributed by atoms with E-state index in [1.54, 1.807) is 13.1 Å². The third kappa shape index (κ3) is 3.63. The van der Waals surface area contributed by atoms with Crippen molar-refractivity contribution in [3.8, 4) is 0 Å². The molecule has 0 saturated heterocycles. The summed E-state index contributed by atoms with van der Waals surface area (Å²) >= 11 is 0. The molecule has 3 nitrogen and oxygen atoms in total. The number of nitrogens with one attached hydrogen (secondary N) is 2. The Hall–Kier alpha value is -1.49. The summed E-state index contributed by atoms with van der Waals surface area (Å²) in [7, 11) is 1.63. The Morgan fingerprint density at radius 2 is 2.20 bits per heavy atom. The number of likely N-dealkylation sites (N-methyl/N-ethyl adjacent to an activating group) is 1. The lowest BCUT2D eigenvalue weighted by Crippen LogP contribution is -2.25. The molecule has 0 aliphatic carbocycles. The van der Waals surface area contributed by atoms with Crippen LogP contribution < -0.4 is 10.6 Å². The molecule has 0 unspecified atom stereocenters. The van der Waals surface area contributed by atoms with Gasteiger partial charge in [0, 0.05) is 11.3 Å². The number of hydrogen-bond acceptors (Lipinski definition) is 2. The Kier molecular flexibility index (Phi) is 4.17. The first-order valence-electron chi connectivity index (χ1n) is 4.46. The van der Waals surface area contributed by atoms with E-state index >= 15 is 0 Å². The van der Waals surface area contributed by atoms with Crippen LogP contribution in [0.15, 0.2) is 24.3 Å². The van der Waals surface area contributed by atoms with E-state index in [0.717, 1.165) is 0 Å². The number of hydrogen-bond donors (Lipinski definition) is 2. The molecule has 0 heterocycles. The molecular formula is C10H12F2N2O. The van der Waals surface area contributed by atoms with Gasteiger partial charge in [0.25, 0.3) is 6.43 Å². The summed E-state index contributed by atoms with van der Waals surface area (Å²) in [6, 6.07) is 5.63. The molecule has 0 aliphatic heterocycles. The summed E-state index contributed by atoms with van der Waals surface area (Å²) in [5.74, 6) is -0.260. The fourth-order valence-electron chi connectivity index (χ4n) is 1.12. The van der Waals surface area contributed by atoms with Gasteiger partial charge in [0.05, 0.1) is 6.54 Å². The topological polar surface area (TPSA) is 41.1 Å². The molecule has 82 valence electrons. The molecule has 2 N–H and O–H groups in total. The van der Waals surface area contributed by atoms with E-state index in [-0.39, 0.29) is 18.0 Å². The summed E-state index contributed by atoms with van der Waals surface area (Å²) in [4.78, 5) is 11.1. The standard InChI is InChI=1S/C10H12F2N2O/c1-13-6-9(15)14-8-4-2-3-7(5-8)10(11)12/h2-5,10,13H,6H2,1H3,(H,14,15). The lowest BCUT2D eigenvalue weighted by atomic mass is 10.2. The summed E-state index contributed by atoms with van der Waals surface area (Å²) in [5, 5.41) is 5.17. The van der Waals surface area contributed by atoms with Crippen LogP contribution in [0.5, 0.6) is 0 Å². The number of rotatable bonds is 4. The highest BCUT2D eigenvalue weighted by molar-refractivity contribution is 5.92. The molecule has 0 bridgehead atoms. The van der Waals surface area contributed by atoms with E-state index in [0.29, 0.717) is 5.69 Å². The first kappa shape index (κ1) is 11.6. The lowest BCUT2D eigenvalue weighted by molar-refractivity contribution is -0.115. The Labute approximate surface area is 86.5 Å². The maximum absolute atomic E-state index is 12.3. The number of anilines is 1. The molecule has 5 heteroatoms. The molecule has 0 atom stereocenters. The van der Waals surface area contributed by atoms with E-state index in [2.05, 4.69) is 10.6 Å². The van der Waals surface area contributed by atoms with Gasteiger partial charge >= 0.3 is 0 Å². The minimum Gasteiger partial charge on any atom is -0.325 e. The van der Waals surface area contributed by atoms with Crippen LogP contribution in [0.4, 0.5) is 14.5 Å². The summed E-state index contributed by atoms with van der Waals surface area (Å²) in [6.07, 6.45) is -2.52. The molecule has 0 fully saturated rings. The van der Waals surface area contributed by atoms with Gasteiger partial charge in [0.1, 0.15) is 0 Å². The minimum absolute atomic E-state index is 0.0998. The zero-order valence-electron chi connectivity index (χ0n) is 8.26. The van der Waals surface area contributed by atoms with Gasteiger partial charge in [-0.2, -0.15) is 0 Å².